The first-order chi connectivity index (χ1) is 22.3. The van der Waals surface area contributed by atoms with Crippen molar-refractivity contribution >= 4 is 23.6 Å². The highest BCUT2D eigenvalue weighted by Gasteiger charge is 2.54. The highest BCUT2D eigenvalue weighted by atomic mass is 16.6. The summed E-state index contributed by atoms with van der Waals surface area (Å²) < 4.78 is 23.3. The second-order valence-electron chi connectivity index (χ2n) is 13.4. The zero-order valence-electron chi connectivity index (χ0n) is 28.9. The third-order valence-corrected chi connectivity index (χ3v) is 9.81. The van der Waals surface area contributed by atoms with Crippen LogP contribution < -0.4 is 14.2 Å². The van der Waals surface area contributed by atoms with Gasteiger partial charge in [0, 0.05) is 37.3 Å². The van der Waals surface area contributed by atoms with Crippen LogP contribution >= 0.6 is 0 Å². The number of nitrogens with zero attached hydrogens (tertiary/aromatic N) is 1. The van der Waals surface area contributed by atoms with Crippen LogP contribution in [-0.4, -0.2) is 71.7 Å². The fourth-order valence-corrected chi connectivity index (χ4v) is 7.14. The third kappa shape index (κ3) is 7.17. The Kier molecular flexibility index (Phi) is 11.4. The first kappa shape index (κ1) is 35.9. The van der Waals surface area contributed by atoms with Crippen molar-refractivity contribution in [3.8, 4) is 23.0 Å². The lowest BCUT2D eigenvalue weighted by atomic mass is 9.75. The van der Waals surface area contributed by atoms with E-state index in [4.69, 9.17) is 18.9 Å². The van der Waals surface area contributed by atoms with Gasteiger partial charge in [-0.3, -0.25) is 9.59 Å². The number of fused-ring (bicyclic) bond motifs is 1. The molecule has 2 aromatic carbocycles. The van der Waals surface area contributed by atoms with Crippen molar-refractivity contribution in [2.45, 2.75) is 104 Å². The minimum absolute atomic E-state index is 0.0191. The number of likely N-dealkylation sites (tertiary alicyclic amines) is 1. The number of aromatic hydroxyl groups is 1. The van der Waals surface area contributed by atoms with E-state index in [1.807, 2.05) is 34.6 Å². The molecule has 3 unspecified atom stereocenters. The zero-order chi connectivity index (χ0) is 34.5. The quantitative estimate of drug-likeness (QED) is 0.134. The number of Topliss-reactive ketones (excluding diaryl/α,β-unsaturated/α-hetero) is 2. The Balaban J connectivity index is 1.42. The maximum Gasteiger partial charge on any atom is 0.523 e. The van der Waals surface area contributed by atoms with Crippen LogP contribution in [0.3, 0.4) is 0 Å². The number of hydrogen-bond donors (Lipinski definition) is 1. The number of methoxy groups -OCH3 is 1. The van der Waals surface area contributed by atoms with Crippen LogP contribution in [0.4, 0.5) is 4.79 Å². The van der Waals surface area contributed by atoms with Gasteiger partial charge in [0.1, 0.15) is 34.6 Å². The summed E-state index contributed by atoms with van der Waals surface area (Å²) >= 11 is 0. The minimum Gasteiger partial charge on any atom is -0.507 e. The number of imide groups is 1. The SMILES string of the molecule is CCCC1C(=O)c2ccc(OCCCOc3ccc(C(C)=O)c(O)c3C(C)C)cc2OC1(C)CCC(=O)[N+]1(C(=O)OC)CCC[C@H]1C. The van der Waals surface area contributed by atoms with Crippen molar-refractivity contribution in [1.29, 1.82) is 0 Å². The molecule has 0 spiro atoms. The van der Waals surface area contributed by atoms with E-state index >= 15 is 0 Å². The van der Waals surface area contributed by atoms with Gasteiger partial charge in [-0.25, -0.2) is 4.79 Å². The predicted molar refractivity (Wildman–Crippen MR) is 176 cm³/mol. The lowest BCUT2D eigenvalue weighted by Gasteiger charge is -2.42. The Morgan fingerprint density at radius 1 is 1.13 bits per heavy atom. The summed E-state index contributed by atoms with van der Waals surface area (Å²) in [5, 5.41) is 10.6. The van der Waals surface area contributed by atoms with Gasteiger partial charge in [-0.15, -0.1) is 0 Å². The molecule has 2 aliphatic heterocycles. The first-order valence-electron chi connectivity index (χ1n) is 16.8. The van der Waals surface area contributed by atoms with Gasteiger partial charge in [-0.05, 0) is 57.4 Å². The van der Waals surface area contributed by atoms with Gasteiger partial charge in [0.15, 0.2) is 11.6 Å². The van der Waals surface area contributed by atoms with Gasteiger partial charge in [0.2, 0.25) is 0 Å². The van der Waals surface area contributed by atoms with Crippen LogP contribution in [0, 0.1) is 5.92 Å². The van der Waals surface area contributed by atoms with Gasteiger partial charge in [0.05, 0.1) is 50.3 Å². The molecule has 4 rings (SSSR count). The molecule has 2 amide bonds. The van der Waals surface area contributed by atoms with Gasteiger partial charge in [0.25, 0.3) is 0 Å². The largest absolute Gasteiger partial charge is 0.523 e. The van der Waals surface area contributed by atoms with Crippen molar-refractivity contribution < 1.29 is 47.7 Å². The smallest absolute Gasteiger partial charge is 0.507 e. The molecular weight excluding hydrogens is 602 g/mol. The number of phenols is 1. The molecule has 0 aliphatic carbocycles. The van der Waals surface area contributed by atoms with E-state index in [9.17, 15) is 24.3 Å². The van der Waals surface area contributed by atoms with Gasteiger partial charge in [-0.2, -0.15) is 9.28 Å². The topological polar surface area (TPSA) is 125 Å². The number of phenolic OH excluding ortho intramolecular Hbond substituents is 1. The summed E-state index contributed by atoms with van der Waals surface area (Å²) in [6, 6.07) is 8.33. The summed E-state index contributed by atoms with van der Waals surface area (Å²) in [6.07, 6.45) is 3.32. The molecule has 47 heavy (non-hydrogen) atoms. The second-order valence-corrected chi connectivity index (χ2v) is 13.4. The van der Waals surface area contributed by atoms with E-state index in [-0.39, 0.29) is 58.1 Å². The Hall–Kier alpha value is -3.92. The van der Waals surface area contributed by atoms with Crippen LogP contribution in [0.1, 0.15) is 119 Å². The van der Waals surface area contributed by atoms with Crippen LogP contribution in [0.2, 0.25) is 0 Å². The molecule has 10 heteroatoms. The highest BCUT2D eigenvalue weighted by molar-refractivity contribution is 6.02. The molecule has 4 atom stereocenters. The van der Waals surface area contributed by atoms with E-state index in [0.717, 1.165) is 19.3 Å². The summed E-state index contributed by atoms with van der Waals surface area (Å²) in [6.45, 7) is 12.2. The number of benzene rings is 2. The maximum absolute atomic E-state index is 13.8. The van der Waals surface area contributed by atoms with Gasteiger partial charge in [-0.1, -0.05) is 27.2 Å². The fourth-order valence-electron chi connectivity index (χ4n) is 7.14. The standard InChI is InChI=1S/C37H49NO9/c1-8-11-29-34(41)28-14-13-26(45-20-10-21-46-30-16-15-27(25(5)39)35(42)33(30)23(2)3)22-31(28)47-37(29,6)18-17-32(40)38(36(43)44-7)19-9-12-24(38)4/h13-16,22-24,29H,8-12,17-21H2,1-7H3/p+1/t24-,29?,37?,38?/m1/s1. The number of rotatable bonds is 13. The van der Waals surface area contributed by atoms with Crippen LogP contribution in [0.5, 0.6) is 23.0 Å². The summed E-state index contributed by atoms with van der Waals surface area (Å²) in [4.78, 5) is 52.1. The maximum atomic E-state index is 13.8. The monoisotopic (exact) mass is 652 g/mol. The average Bonchev–Trinajstić information content (AvgIpc) is 3.42. The van der Waals surface area contributed by atoms with E-state index in [1.54, 1.807) is 30.3 Å². The Bertz CT molecular complexity index is 1500. The molecular formula is C37H50NO9+. The van der Waals surface area contributed by atoms with E-state index in [0.29, 0.717) is 61.0 Å². The predicted octanol–water partition coefficient (Wildman–Crippen LogP) is 7.39. The zero-order valence-corrected chi connectivity index (χ0v) is 28.9. The number of ether oxygens (including phenoxy) is 4. The molecule has 0 saturated carbocycles. The Morgan fingerprint density at radius 2 is 1.85 bits per heavy atom. The lowest BCUT2D eigenvalue weighted by Crippen LogP contribution is -2.59. The number of amides is 2. The molecule has 256 valence electrons. The number of carbonyl (C=O) groups excluding carboxylic acids is 4. The van der Waals surface area contributed by atoms with E-state index in [2.05, 4.69) is 0 Å². The van der Waals surface area contributed by atoms with Crippen molar-refractivity contribution in [2.75, 3.05) is 26.9 Å². The molecule has 1 saturated heterocycles. The molecule has 2 aliphatic rings. The van der Waals surface area contributed by atoms with E-state index < -0.39 is 17.6 Å². The van der Waals surface area contributed by atoms with Crippen LogP contribution in [-0.2, 0) is 9.53 Å². The lowest BCUT2D eigenvalue weighted by molar-refractivity contribution is -0.792. The van der Waals surface area contributed by atoms with Crippen molar-refractivity contribution in [3.63, 3.8) is 0 Å². The van der Waals surface area contributed by atoms with Crippen LogP contribution in [0.15, 0.2) is 30.3 Å². The highest BCUT2D eigenvalue weighted by Crippen LogP contribution is 2.44. The Morgan fingerprint density at radius 3 is 2.47 bits per heavy atom. The third-order valence-electron chi connectivity index (χ3n) is 9.81. The van der Waals surface area contributed by atoms with Crippen molar-refractivity contribution in [3.05, 3.63) is 47.0 Å². The molecule has 0 radical (unpaired) electrons. The molecule has 2 heterocycles. The molecule has 1 N–H and O–H groups in total. The number of ketones is 2. The fraction of sp³-hybridized carbons (Fsp3) is 0.568. The van der Waals surface area contributed by atoms with Crippen molar-refractivity contribution in [1.82, 2.24) is 0 Å². The second kappa shape index (κ2) is 14.9. The average molecular weight is 653 g/mol. The number of quaternary nitrogens is 1. The molecule has 10 nitrogen and oxygen atoms in total. The first-order valence-corrected chi connectivity index (χ1v) is 16.8. The van der Waals surface area contributed by atoms with Gasteiger partial charge >= 0.3 is 12.0 Å². The molecule has 1 fully saturated rings. The number of carbonyl (C=O) groups is 4. The molecule has 0 bridgehead atoms. The van der Waals surface area contributed by atoms with E-state index in [1.165, 1.54) is 14.0 Å². The Labute approximate surface area is 277 Å². The summed E-state index contributed by atoms with van der Waals surface area (Å²) in [5.74, 6) is 0.534. The number of hydrogen-bond acceptors (Lipinski definition) is 9. The van der Waals surface area contributed by atoms with Gasteiger partial charge < -0.3 is 24.1 Å². The van der Waals surface area contributed by atoms with Crippen LogP contribution in [0.25, 0.3) is 0 Å². The van der Waals surface area contributed by atoms with Crippen molar-refractivity contribution in [2.24, 2.45) is 5.92 Å². The minimum atomic E-state index is -0.942. The molecule has 0 aromatic heterocycles. The summed E-state index contributed by atoms with van der Waals surface area (Å²) in [7, 11) is 1.31. The molecule has 2 aromatic rings. The summed E-state index contributed by atoms with van der Waals surface area (Å²) in [5.41, 5.74) is 0.416. The normalized spacial score (nSPS) is 23.6.